The first-order valence-electron chi connectivity index (χ1n) is 9.36. The molecule has 1 aromatic heterocycles. The van der Waals surface area contributed by atoms with E-state index in [0.717, 1.165) is 22.6 Å². The van der Waals surface area contributed by atoms with E-state index in [4.69, 9.17) is 0 Å². The third-order valence-electron chi connectivity index (χ3n) is 4.90. The van der Waals surface area contributed by atoms with Crippen molar-refractivity contribution in [2.75, 3.05) is 11.9 Å². The fourth-order valence-corrected chi connectivity index (χ4v) is 4.27. The third-order valence-corrected chi connectivity index (χ3v) is 5.79. The van der Waals surface area contributed by atoms with Crippen LogP contribution in [0.3, 0.4) is 0 Å². The van der Waals surface area contributed by atoms with Crippen molar-refractivity contribution in [2.45, 2.75) is 12.7 Å². The number of carbonyl (C=O) groups is 2. The number of nitrogens with zero attached hydrogens (tertiary/aromatic N) is 2. The van der Waals surface area contributed by atoms with Crippen molar-refractivity contribution in [1.82, 2.24) is 4.90 Å². The Hall–Kier alpha value is -3.39. The number of hydrogen-bond acceptors (Lipinski definition) is 4. The maximum absolute atomic E-state index is 13.3. The fraction of sp³-hybridized carbons (Fsp3) is 0.130. The van der Waals surface area contributed by atoms with Gasteiger partial charge in [-0.2, -0.15) is 13.2 Å². The fourth-order valence-electron chi connectivity index (χ4n) is 3.51. The van der Waals surface area contributed by atoms with Crippen molar-refractivity contribution < 1.29 is 22.8 Å². The van der Waals surface area contributed by atoms with Gasteiger partial charge in [0.2, 0.25) is 0 Å². The van der Waals surface area contributed by atoms with Gasteiger partial charge < -0.3 is 4.90 Å². The summed E-state index contributed by atoms with van der Waals surface area (Å²) in [5.74, 6) is -1.28. The van der Waals surface area contributed by atoms with Gasteiger partial charge in [-0.1, -0.05) is 42.5 Å². The number of carbonyl (C=O) groups excluding carboxylic acids is 2. The van der Waals surface area contributed by atoms with Crippen molar-refractivity contribution in [3.05, 3.63) is 93.8 Å². The van der Waals surface area contributed by atoms with Crippen LogP contribution in [0.1, 0.15) is 16.0 Å². The van der Waals surface area contributed by atoms with E-state index in [9.17, 15) is 22.8 Å². The first-order chi connectivity index (χ1) is 14.8. The highest BCUT2D eigenvalue weighted by Gasteiger charge is 2.43. The highest BCUT2D eigenvalue weighted by molar-refractivity contribution is 7.11. The second-order valence-corrected chi connectivity index (χ2v) is 7.98. The molecule has 1 aliphatic heterocycles. The monoisotopic (exact) mass is 442 g/mol. The Morgan fingerprint density at radius 2 is 1.68 bits per heavy atom. The average molecular weight is 442 g/mol. The molecule has 1 aliphatic rings. The van der Waals surface area contributed by atoms with Crippen molar-refractivity contribution >= 4 is 34.4 Å². The molecular weight excluding hydrogens is 425 g/mol. The number of likely N-dealkylation sites (N-methyl/N-ethyl adjacent to an activating group) is 1. The molecule has 2 aromatic carbocycles. The maximum atomic E-state index is 13.3. The summed E-state index contributed by atoms with van der Waals surface area (Å²) in [7, 11) is 1.69. The molecule has 0 N–H and O–H groups in total. The van der Waals surface area contributed by atoms with Gasteiger partial charge in [-0.25, -0.2) is 4.90 Å². The van der Waals surface area contributed by atoms with Crippen LogP contribution in [-0.2, 0) is 22.3 Å². The molecular formula is C23H17F3N2O2S. The minimum atomic E-state index is -4.58. The second-order valence-electron chi connectivity index (χ2n) is 7.04. The molecule has 0 saturated heterocycles. The van der Waals surface area contributed by atoms with E-state index in [2.05, 4.69) is 0 Å². The van der Waals surface area contributed by atoms with Gasteiger partial charge in [0, 0.05) is 18.5 Å². The number of imide groups is 1. The minimum absolute atomic E-state index is 0.109. The van der Waals surface area contributed by atoms with Gasteiger partial charge in [0.15, 0.2) is 0 Å². The summed E-state index contributed by atoms with van der Waals surface area (Å²) < 4.78 is 39.6. The number of alkyl halides is 3. The lowest BCUT2D eigenvalue weighted by Crippen LogP contribution is -2.34. The van der Waals surface area contributed by atoms with Gasteiger partial charge in [0.1, 0.15) is 5.70 Å². The Labute approximate surface area is 180 Å². The highest BCUT2D eigenvalue weighted by Crippen LogP contribution is 2.38. The molecule has 4 nitrogen and oxygen atoms in total. The van der Waals surface area contributed by atoms with E-state index in [1.54, 1.807) is 29.5 Å². The van der Waals surface area contributed by atoms with Gasteiger partial charge in [-0.15, -0.1) is 11.3 Å². The standard InChI is InChI=1S/C23H17F3N2O2S/c1-27(14-15-7-3-2-4-8-15)20-19(18-11-6-12-31-18)21(29)28(22(20)30)17-10-5-9-16(13-17)23(24,25)26/h2-13H,14H2,1H3. The Bertz CT molecular complexity index is 1160. The second kappa shape index (κ2) is 8.03. The zero-order valence-corrected chi connectivity index (χ0v) is 17.2. The van der Waals surface area contributed by atoms with Crippen molar-refractivity contribution in [1.29, 1.82) is 0 Å². The summed E-state index contributed by atoms with van der Waals surface area (Å²) in [6, 6.07) is 17.1. The lowest BCUT2D eigenvalue weighted by Gasteiger charge is -2.22. The Kier molecular flexibility index (Phi) is 5.41. The molecule has 3 aromatic rings. The quantitative estimate of drug-likeness (QED) is 0.511. The number of halogens is 3. The Morgan fingerprint density at radius 1 is 0.935 bits per heavy atom. The van der Waals surface area contributed by atoms with Crippen LogP contribution in [0, 0.1) is 0 Å². The highest BCUT2D eigenvalue weighted by atomic mass is 32.1. The summed E-state index contributed by atoms with van der Waals surface area (Å²) >= 11 is 1.29. The first-order valence-corrected chi connectivity index (χ1v) is 10.2. The molecule has 4 rings (SSSR count). The van der Waals surface area contributed by atoms with Crippen LogP contribution in [-0.4, -0.2) is 23.8 Å². The topological polar surface area (TPSA) is 40.6 Å². The average Bonchev–Trinajstić information content (AvgIpc) is 3.34. The van der Waals surface area contributed by atoms with Crippen LogP contribution in [0.2, 0.25) is 0 Å². The van der Waals surface area contributed by atoms with Crippen LogP contribution in [0.15, 0.2) is 77.8 Å². The molecule has 158 valence electrons. The predicted octanol–water partition coefficient (Wildman–Crippen LogP) is 5.18. The number of benzene rings is 2. The molecule has 0 aliphatic carbocycles. The normalized spacial score (nSPS) is 14.5. The van der Waals surface area contributed by atoms with Gasteiger partial charge in [0.25, 0.3) is 11.8 Å². The lowest BCUT2D eigenvalue weighted by atomic mass is 10.1. The number of anilines is 1. The van der Waals surface area contributed by atoms with Crippen LogP contribution in [0.25, 0.3) is 5.57 Å². The lowest BCUT2D eigenvalue weighted by molar-refractivity contribution is -0.137. The van der Waals surface area contributed by atoms with Crippen molar-refractivity contribution in [3.8, 4) is 0 Å². The van der Waals surface area contributed by atoms with E-state index in [-0.39, 0.29) is 17.0 Å². The summed E-state index contributed by atoms with van der Waals surface area (Å²) in [5.41, 5.74) is 0.252. The summed E-state index contributed by atoms with van der Waals surface area (Å²) in [5, 5.41) is 1.78. The number of amides is 2. The van der Waals surface area contributed by atoms with E-state index in [0.29, 0.717) is 11.4 Å². The molecule has 0 fully saturated rings. The zero-order chi connectivity index (χ0) is 22.2. The predicted molar refractivity (Wildman–Crippen MR) is 113 cm³/mol. The van der Waals surface area contributed by atoms with Crippen LogP contribution < -0.4 is 4.90 Å². The first kappa shape index (κ1) is 20.9. The zero-order valence-electron chi connectivity index (χ0n) is 16.4. The van der Waals surface area contributed by atoms with Crippen molar-refractivity contribution in [3.63, 3.8) is 0 Å². The van der Waals surface area contributed by atoms with E-state index >= 15 is 0 Å². The molecule has 8 heteroatoms. The third kappa shape index (κ3) is 3.98. The van der Waals surface area contributed by atoms with Gasteiger partial charge in [-0.05, 0) is 35.2 Å². The number of rotatable bonds is 5. The Balaban J connectivity index is 1.77. The molecule has 0 atom stereocenters. The van der Waals surface area contributed by atoms with E-state index < -0.39 is 23.6 Å². The molecule has 0 bridgehead atoms. The van der Waals surface area contributed by atoms with Crippen LogP contribution in [0.4, 0.5) is 18.9 Å². The van der Waals surface area contributed by atoms with Crippen LogP contribution >= 0.6 is 11.3 Å². The molecule has 0 spiro atoms. The largest absolute Gasteiger partial charge is 0.416 e. The van der Waals surface area contributed by atoms with E-state index in [1.165, 1.54) is 23.5 Å². The summed E-state index contributed by atoms with van der Waals surface area (Å²) in [6.45, 7) is 0.362. The Morgan fingerprint density at radius 3 is 2.32 bits per heavy atom. The van der Waals surface area contributed by atoms with Gasteiger partial charge >= 0.3 is 6.18 Å². The molecule has 2 heterocycles. The van der Waals surface area contributed by atoms with Crippen molar-refractivity contribution in [2.24, 2.45) is 0 Å². The SMILES string of the molecule is CN(Cc1ccccc1)C1=C(c2cccs2)C(=O)N(c2cccc(C(F)(F)F)c2)C1=O. The molecule has 0 unspecified atom stereocenters. The molecule has 2 amide bonds. The maximum Gasteiger partial charge on any atom is 0.416 e. The summed E-state index contributed by atoms with van der Waals surface area (Å²) in [6.07, 6.45) is -4.58. The molecule has 0 radical (unpaired) electrons. The molecule has 0 saturated carbocycles. The van der Waals surface area contributed by atoms with E-state index in [1.807, 2.05) is 30.3 Å². The van der Waals surface area contributed by atoms with Crippen LogP contribution in [0.5, 0.6) is 0 Å². The van der Waals surface area contributed by atoms with Gasteiger partial charge in [-0.3, -0.25) is 9.59 Å². The number of hydrogen-bond donors (Lipinski definition) is 0. The van der Waals surface area contributed by atoms with Gasteiger partial charge in [0.05, 0.1) is 16.8 Å². The summed E-state index contributed by atoms with van der Waals surface area (Å²) in [4.78, 5) is 29.7. The number of thiophene rings is 1. The smallest absolute Gasteiger partial charge is 0.365 e. The minimum Gasteiger partial charge on any atom is -0.365 e. The molecule has 31 heavy (non-hydrogen) atoms.